The van der Waals surface area contributed by atoms with Gasteiger partial charge in [-0.15, -0.1) is 0 Å². The molecule has 0 bridgehead atoms. The fourth-order valence-corrected chi connectivity index (χ4v) is 2.42. The zero-order valence-electron chi connectivity index (χ0n) is 10.0. The van der Waals surface area contributed by atoms with Crippen LogP contribution in [0, 0.1) is 0 Å². The molecule has 0 aliphatic carbocycles. The molecule has 2 aromatic rings. The number of halogens is 3. The van der Waals surface area contributed by atoms with E-state index in [1.54, 1.807) is 37.3 Å². The topological polar surface area (TPSA) is 29.5 Å². The van der Waals surface area contributed by atoms with Crippen LogP contribution in [0.15, 0.2) is 40.9 Å². The second-order valence-corrected chi connectivity index (χ2v) is 5.77. The molecule has 2 nitrogen and oxygen atoms in total. The van der Waals surface area contributed by atoms with E-state index < -0.39 is 6.10 Å². The molecule has 0 amide bonds. The first-order valence-electron chi connectivity index (χ1n) is 5.58. The first-order chi connectivity index (χ1) is 8.97. The smallest absolute Gasteiger partial charge is 0.147 e. The van der Waals surface area contributed by atoms with Gasteiger partial charge in [0.15, 0.2) is 0 Å². The fourth-order valence-electron chi connectivity index (χ4n) is 1.59. The Balaban J connectivity index is 2.29. The average Bonchev–Trinajstić information content (AvgIpc) is 2.33. The molecule has 100 valence electrons. The Morgan fingerprint density at radius 1 is 1.11 bits per heavy atom. The SMILES string of the molecule is CC(O)c1ccc(Oc2cc(Br)ccc2Cl)cc1Cl. The Hall–Kier alpha value is -0.740. The predicted octanol–water partition coefficient (Wildman–Crippen LogP) is 5.60. The highest BCUT2D eigenvalue weighted by atomic mass is 79.9. The molecule has 1 unspecified atom stereocenters. The van der Waals surface area contributed by atoms with Gasteiger partial charge in [-0.2, -0.15) is 0 Å². The van der Waals surface area contributed by atoms with Gasteiger partial charge < -0.3 is 9.84 Å². The van der Waals surface area contributed by atoms with Crippen molar-refractivity contribution in [2.24, 2.45) is 0 Å². The average molecular weight is 362 g/mol. The Morgan fingerprint density at radius 2 is 1.84 bits per heavy atom. The van der Waals surface area contributed by atoms with Gasteiger partial charge in [-0.05, 0) is 42.8 Å². The lowest BCUT2D eigenvalue weighted by Gasteiger charge is -2.11. The molecule has 0 aliphatic rings. The zero-order chi connectivity index (χ0) is 14.0. The highest BCUT2D eigenvalue weighted by molar-refractivity contribution is 9.10. The summed E-state index contributed by atoms with van der Waals surface area (Å²) in [6, 6.07) is 10.5. The molecule has 0 aliphatic heterocycles. The van der Waals surface area contributed by atoms with Crippen LogP contribution in [0.5, 0.6) is 11.5 Å². The van der Waals surface area contributed by atoms with Crippen molar-refractivity contribution in [3.05, 3.63) is 56.5 Å². The second kappa shape index (κ2) is 6.14. The monoisotopic (exact) mass is 360 g/mol. The first-order valence-corrected chi connectivity index (χ1v) is 7.12. The molecular weight excluding hydrogens is 351 g/mol. The standard InChI is InChI=1S/C14H11BrCl2O2/c1-8(18)11-4-3-10(7-13(11)17)19-14-6-9(15)2-5-12(14)16/h2-8,18H,1H3. The fraction of sp³-hybridized carbons (Fsp3) is 0.143. The number of aliphatic hydroxyl groups is 1. The largest absolute Gasteiger partial charge is 0.456 e. The van der Waals surface area contributed by atoms with Crippen LogP contribution in [0.1, 0.15) is 18.6 Å². The van der Waals surface area contributed by atoms with Crippen LogP contribution >= 0.6 is 39.1 Å². The van der Waals surface area contributed by atoms with Gasteiger partial charge in [-0.1, -0.05) is 45.2 Å². The summed E-state index contributed by atoms with van der Waals surface area (Å²) in [5.41, 5.74) is 0.661. The first kappa shape index (κ1) is 14.7. The summed E-state index contributed by atoms with van der Waals surface area (Å²) in [5.74, 6) is 1.10. The lowest BCUT2D eigenvalue weighted by Crippen LogP contribution is -1.93. The Bertz CT molecular complexity index is 600. The lowest BCUT2D eigenvalue weighted by molar-refractivity contribution is 0.199. The Kier molecular flexibility index (Phi) is 4.74. The van der Waals surface area contributed by atoms with Crippen LogP contribution < -0.4 is 4.74 Å². The van der Waals surface area contributed by atoms with E-state index in [4.69, 9.17) is 27.9 Å². The molecule has 0 saturated heterocycles. The molecule has 0 spiro atoms. The van der Waals surface area contributed by atoms with Gasteiger partial charge in [-0.3, -0.25) is 0 Å². The third kappa shape index (κ3) is 3.63. The molecule has 0 fully saturated rings. The highest BCUT2D eigenvalue weighted by Gasteiger charge is 2.09. The van der Waals surface area contributed by atoms with Crippen molar-refractivity contribution in [2.75, 3.05) is 0 Å². The van der Waals surface area contributed by atoms with Gasteiger partial charge in [-0.25, -0.2) is 0 Å². The van der Waals surface area contributed by atoms with E-state index in [1.165, 1.54) is 0 Å². The van der Waals surface area contributed by atoms with E-state index >= 15 is 0 Å². The number of rotatable bonds is 3. The molecule has 0 aromatic heterocycles. The lowest BCUT2D eigenvalue weighted by atomic mass is 10.1. The van der Waals surface area contributed by atoms with E-state index in [2.05, 4.69) is 15.9 Å². The summed E-state index contributed by atoms with van der Waals surface area (Å²) >= 11 is 15.5. The quantitative estimate of drug-likeness (QED) is 0.770. The van der Waals surface area contributed by atoms with E-state index in [-0.39, 0.29) is 0 Å². The van der Waals surface area contributed by atoms with Crippen LogP contribution in [-0.4, -0.2) is 5.11 Å². The van der Waals surface area contributed by atoms with Gasteiger partial charge in [0.25, 0.3) is 0 Å². The van der Waals surface area contributed by atoms with Crippen LogP contribution in [0.2, 0.25) is 10.0 Å². The van der Waals surface area contributed by atoms with E-state index in [9.17, 15) is 5.11 Å². The molecule has 5 heteroatoms. The molecule has 0 heterocycles. The maximum Gasteiger partial charge on any atom is 0.147 e. The van der Waals surface area contributed by atoms with Crippen molar-refractivity contribution >= 4 is 39.1 Å². The second-order valence-electron chi connectivity index (χ2n) is 4.04. The van der Waals surface area contributed by atoms with Gasteiger partial charge in [0.1, 0.15) is 11.5 Å². The normalized spacial score (nSPS) is 12.3. The minimum atomic E-state index is -0.615. The summed E-state index contributed by atoms with van der Waals surface area (Å²) in [4.78, 5) is 0. The van der Waals surface area contributed by atoms with Crippen LogP contribution in [0.25, 0.3) is 0 Å². The van der Waals surface area contributed by atoms with Gasteiger partial charge >= 0.3 is 0 Å². The van der Waals surface area contributed by atoms with Gasteiger partial charge in [0.05, 0.1) is 16.1 Å². The van der Waals surface area contributed by atoms with Crippen LogP contribution in [0.3, 0.4) is 0 Å². The third-order valence-electron chi connectivity index (χ3n) is 2.54. The van der Waals surface area contributed by atoms with Crippen molar-refractivity contribution in [1.82, 2.24) is 0 Å². The predicted molar refractivity (Wildman–Crippen MR) is 81.3 cm³/mol. The summed E-state index contributed by atoms with van der Waals surface area (Å²) in [6.07, 6.45) is -0.615. The summed E-state index contributed by atoms with van der Waals surface area (Å²) in [7, 11) is 0. The van der Waals surface area contributed by atoms with E-state index in [0.717, 1.165) is 4.47 Å². The molecule has 2 rings (SSSR count). The highest BCUT2D eigenvalue weighted by Crippen LogP contribution is 2.34. The van der Waals surface area contributed by atoms with Crippen molar-refractivity contribution in [2.45, 2.75) is 13.0 Å². The van der Waals surface area contributed by atoms with E-state index in [1.807, 2.05) is 6.07 Å². The minimum Gasteiger partial charge on any atom is -0.456 e. The maximum absolute atomic E-state index is 9.51. The molecule has 19 heavy (non-hydrogen) atoms. The molecule has 2 aromatic carbocycles. The number of hydrogen-bond acceptors (Lipinski definition) is 2. The summed E-state index contributed by atoms with van der Waals surface area (Å²) < 4.78 is 6.55. The molecule has 0 saturated carbocycles. The van der Waals surface area contributed by atoms with Gasteiger partial charge in [0.2, 0.25) is 0 Å². The molecule has 0 radical (unpaired) electrons. The van der Waals surface area contributed by atoms with Crippen LogP contribution in [-0.2, 0) is 0 Å². The summed E-state index contributed by atoms with van der Waals surface area (Å²) in [5, 5.41) is 10.5. The number of ether oxygens (including phenoxy) is 1. The Labute approximate surface area is 130 Å². The van der Waals surface area contributed by atoms with Crippen molar-refractivity contribution in [3.63, 3.8) is 0 Å². The number of benzene rings is 2. The maximum atomic E-state index is 9.51. The Morgan fingerprint density at radius 3 is 2.47 bits per heavy atom. The van der Waals surface area contributed by atoms with E-state index in [0.29, 0.717) is 27.1 Å². The number of hydrogen-bond donors (Lipinski definition) is 1. The molecule has 1 atom stereocenters. The van der Waals surface area contributed by atoms with Crippen molar-refractivity contribution in [1.29, 1.82) is 0 Å². The van der Waals surface area contributed by atoms with Gasteiger partial charge in [0, 0.05) is 4.47 Å². The minimum absolute atomic E-state index is 0.457. The molecular formula is C14H11BrCl2O2. The molecule has 1 N–H and O–H groups in total. The van der Waals surface area contributed by atoms with Crippen molar-refractivity contribution in [3.8, 4) is 11.5 Å². The van der Waals surface area contributed by atoms with Crippen molar-refractivity contribution < 1.29 is 9.84 Å². The zero-order valence-corrected chi connectivity index (χ0v) is 13.1. The third-order valence-corrected chi connectivity index (χ3v) is 3.68. The number of aliphatic hydroxyl groups excluding tert-OH is 1. The van der Waals surface area contributed by atoms with Crippen LogP contribution in [0.4, 0.5) is 0 Å². The summed E-state index contributed by atoms with van der Waals surface area (Å²) in [6.45, 7) is 1.66.